The first-order valence-electron chi connectivity index (χ1n) is 4.59. The van der Waals surface area contributed by atoms with Gasteiger partial charge in [-0.2, -0.15) is 5.10 Å². The van der Waals surface area contributed by atoms with Gasteiger partial charge in [0, 0.05) is 11.1 Å². The van der Waals surface area contributed by atoms with E-state index in [1.807, 2.05) is 0 Å². The van der Waals surface area contributed by atoms with Crippen LogP contribution in [0.15, 0.2) is 17.3 Å². The molecule has 0 aromatic rings. The van der Waals surface area contributed by atoms with Crippen LogP contribution in [0.5, 0.6) is 0 Å². The van der Waals surface area contributed by atoms with E-state index in [9.17, 15) is 0 Å². The molecule has 66 valence electrons. The number of fused-ring (bicyclic) bond motifs is 1. The smallest absolute Gasteiger partial charge is 0.0612 e. The number of nitrogens with zero attached hydrogens (tertiary/aromatic N) is 2. The molecule has 2 nitrogen and oxygen atoms in total. The summed E-state index contributed by atoms with van der Waals surface area (Å²) in [7, 11) is 0. The van der Waals surface area contributed by atoms with E-state index in [2.05, 4.69) is 43.0 Å². The zero-order chi connectivity index (χ0) is 8.77. The molecule has 0 aliphatic carbocycles. The third-order valence-electron chi connectivity index (χ3n) is 3.22. The van der Waals surface area contributed by atoms with E-state index in [0.717, 1.165) is 13.0 Å². The van der Waals surface area contributed by atoms with Gasteiger partial charge in [0.2, 0.25) is 0 Å². The maximum atomic E-state index is 4.56. The summed E-state index contributed by atoms with van der Waals surface area (Å²) in [6.07, 6.45) is 5.62. The lowest BCUT2D eigenvalue weighted by Gasteiger charge is -2.33. The Labute approximate surface area is 73.9 Å². The second-order valence-corrected chi connectivity index (χ2v) is 4.25. The quantitative estimate of drug-likeness (QED) is 0.500. The maximum Gasteiger partial charge on any atom is 0.0612 e. The molecule has 0 bridgehead atoms. The number of hydrogen-bond acceptors (Lipinski definition) is 2. The van der Waals surface area contributed by atoms with Crippen LogP contribution in [-0.2, 0) is 0 Å². The lowest BCUT2D eigenvalue weighted by Crippen LogP contribution is -2.40. The molecule has 0 N–H and O–H groups in total. The van der Waals surface area contributed by atoms with Crippen LogP contribution in [0.3, 0.4) is 0 Å². The van der Waals surface area contributed by atoms with E-state index in [1.54, 1.807) is 0 Å². The summed E-state index contributed by atoms with van der Waals surface area (Å²) in [4.78, 5) is 0. The predicted octanol–water partition coefficient (Wildman–Crippen LogP) is 2.03. The van der Waals surface area contributed by atoms with E-state index < -0.39 is 0 Å². The summed E-state index contributed by atoms with van der Waals surface area (Å²) in [5.74, 6) is 0. The Morgan fingerprint density at radius 3 is 2.92 bits per heavy atom. The molecule has 0 spiro atoms. The second kappa shape index (κ2) is 2.35. The first kappa shape index (κ1) is 7.84. The van der Waals surface area contributed by atoms with Crippen molar-refractivity contribution in [1.29, 1.82) is 0 Å². The van der Waals surface area contributed by atoms with Crippen LogP contribution in [0.1, 0.15) is 27.2 Å². The van der Waals surface area contributed by atoms with Gasteiger partial charge in [0.15, 0.2) is 0 Å². The molecule has 1 atom stereocenters. The van der Waals surface area contributed by atoms with Gasteiger partial charge < -0.3 is 0 Å². The molecule has 0 fully saturated rings. The summed E-state index contributed by atoms with van der Waals surface area (Å²) in [6, 6.07) is 0.600. The van der Waals surface area contributed by atoms with Gasteiger partial charge in [-0.1, -0.05) is 26.0 Å². The van der Waals surface area contributed by atoms with Gasteiger partial charge in [-0.05, 0) is 13.3 Å². The highest BCUT2D eigenvalue weighted by molar-refractivity contribution is 5.89. The van der Waals surface area contributed by atoms with E-state index in [4.69, 9.17) is 0 Å². The van der Waals surface area contributed by atoms with Crippen molar-refractivity contribution >= 4 is 5.71 Å². The van der Waals surface area contributed by atoms with Gasteiger partial charge >= 0.3 is 0 Å². The molecule has 2 heteroatoms. The maximum absolute atomic E-state index is 4.56. The van der Waals surface area contributed by atoms with Crippen LogP contribution in [0.25, 0.3) is 0 Å². The van der Waals surface area contributed by atoms with Crippen LogP contribution in [0, 0.1) is 5.41 Å². The molecule has 0 radical (unpaired) electrons. The normalized spacial score (nSPS) is 31.8. The van der Waals surface area contributed by atoms with E-state index in [1.165, 1.54) is 5.71 Å². The van der Waals surface area contributed by atoms with Gasteiger partial charge in [0.05, 0.1) is 12.6 Å². The van der Waals surface area contributed by atoms with Crippen LogP contribution in [0.4, 0.5) is 0 Å². The molecule has 2 aliphatic heterocycles. The van der Waals surface area contributed by atoms with Gasteiger partial charge in [0.1, 0.15) is 0 Å². The van der Waals surface area contributed by atoms with Crippen molar-refractivity contribution < 1.29 is 0 Å². The lowest BCUT2D eigenvalue weighted by molar-refractivity contribution is 0.175. The molecule has 2 aliphatic rings. The van der Waals surface area contributed by atoms with Gasteiger partial charge in [-0.25, -0.2) is 0 Å². The highest BCUT2D eigenvalue weighted by atomic mass is 15.5. The Hall–Kier alpha value is -0.790. The van der Waals surface area contributed by atoms with Crippen molar-refractivity contribution in [2.75, 3.05) is 6.54 Å². The number of hydrogen-bond donors (Lipinski definition) is 0. The van der Waals surface area contributed by atoms with Gasteiger partial charge in [0.25, 0.3) is 0 Å². The fraction of sp³-hybridized carbons (Fsp3) is 0.700. The molecule has 0 aromatic heterocycles. The molecule has 2 rings (SSSR count). The average molecular weight is 164 g/mol. The summed E-state index contributed by atoms with van der Waals surface area (Å²) in [6.45, 7) is 7.70. The lowest BCUT2D eigenvalue weighted by atomic mass is 9.79. The Morgan fingerprint density at radius 1 is 1.50 bits per heavy atom. The zero-order valence-corrected chi connectivity index (χ0v) is 8.04. The number of rotatable bonds is 0. The highest BCUT2D eigenvalue weighted by Crippen LogP contribution is 2.36. The van der Waals surface area contributed by atoms with Crippen LogP contribution in [-0.4, -0.2) is 23.3 Å². The van der Waals surface area contributed by atoms with E-state index in [-0.39, 0.29) is 5.41 Å². The first-order valence-corrected chi connectivity index (χ1v) is 4.59. The topological polar surface area (TPSA) is 15.6 Å². The second-order valence-electron chi connectivity index (χ2n) is 4.25. The SMILES string of the molecule is CC1=NN2CC=CC[C@H]2C1(C)C. The van der Waals surface area contributed by atoms with Gasteiger partial charge in [-0.3, -0.25) is 5.01 Å². The largest absolute Gasteiger partial charge is 0.289 e. The average Bonchev–Trinajstić information content (AvgIpc) is 2.25. The molecule has 12 heavy (non-hydrogen) atoms. The summed E-state index contributed by atoms with van der Waals surface area (Å²) >= 11 is 0. The highest BCUT2D eigenvalue weighted by Gasteiger charge is 2.41. The standard InChI is InChI=1S/C10H16N2/c1-8-10(2,3)9-6-4-5-7-12(9)11-8/h4-5,9H,6-7H2,1-3H3/t9-/m0/s1. The van der Waals surface area contributed by atoms with Crippen LogP contribution >= 0.6 is 0 Å². The Morgan fingerprint density at radius 2 is 2.25 bits per heavy atom. The molecular formula is C10H16N2. The third-order valence-corrected chi connectivity index (χ3v) is 3.22. The fourth-order valence-electron chi connectivity index (χ4n) is 2.00. The minimum absolute atomic E-state index is 0.269. The fourth-order valence-corrected chi connectivity index (χ4v) is 2.00. The predicted molar refractivity (Wildman–Crippen MR) is 51.1 cm³/mol. The first-order chi connectivity index (χ1) is 5.62. The number of hydrazone groups is 1. The Balaban J connectivity index is 2.30. The third kappa shape index (κ3) is 0.904. The summed E-state index contributed by atoms with van der Waals surface area (Å²) in [5, 5.41) is 6.78. The zero-order valence-electron chi connectivity index (χ0n) is 8.04. The van der Waals surface area contributed by atoms with Crippen molar-refractivity contribution in [2.45, 2.75) is 33.2 Å². The van der Waals surface area contributed by atoms with Crippen molar-refractivity contribution in [3.63, 3.8) is 0 Å². The van der Waals surface area contributed by atoms with Crippen molar-refractivity contribution in [1.82, 2.24) is 5.01 Å². The van der Waals surface area contributed by atoms with E-state index in [0.29, 0.717) is 6.04 Å². The molecule has 2 heterocycles. The molecule has 0 saturated heterocycles. The molecule has 0 amide bonds. The molecular weight excluding hydrogens is 148 g/mol. The van der Waals surface area contributed by atoms with Crippen molar-refractivity contribution in [2.24, 2.45) is 10.5 Å². The molecule has 0 aromatic carbocycles. The molecule has 0 saturated carbocycles. The van der Waals surface area contributed by atoms with Crippen molar-refractivity contribution in [3.8, 4) is 0 Å². The molecule has 0 unspecified atom stereocenters. The van der Waals surface area contributed by atoms with E-state index >= 15 is 0 Å². The minimum Gasteiger partial charge on any atom is -0.289 e. The minimum atomic E-state index is 0.269. The summed E-state index contributed by atoms with van der Waals surface area (Å²) in [5.41, 5.74) is 1.54. The monoisotopic (exact) mass is 164 g/mol. The van der Waals surface area contributed by atoms with Crippen LogP contribution < -0.4 is 0 Å². The Bertz CT molecular complexity index is 251. The van der Waals surface area contributed by atoms with Gasteiger partial charge in [-0.15, -0.1) is 0 Å². The summed E-state index contributed by atoms with van der Waals surface area (Å²) < 4.78 is 0. The van der Waals surface area contributed by atoms with Crippen molar-refractivity contribution in [3.05, 3.63) is 12.2 Å². The van der Waals surface area contributed by atoms with Crippen LogP contribution in [0.2, 0.25) is 0 Å². The Kier molecular flexibility index (Phi) is 1.53.